The molecule has 0 N–H and O–H groups in total. The average Bonchev–Trinajstić information content (AvgIpc) is 2.40. The Morgan fingerprint density at radius 1 is 1.15 bits per heavy atom. The topological polar surface area (TPSA) is 113 Å². The summed E-state index contributed by atoms with van der Waals surface area (Å²) in [5, 5.41) is 21.5. The predicted molar refractivity (Wildman–Crippen MR) is 71.8 cm³/mol. The Morgan fingerprint density at radius 3 is 2.05 bits per heavy atom. The first-order valence-electron chi connectivity index (χ1n) is 5.99. The van der Waals surface area contributed by atoms with Gasteiger partial charge in [0.15, 0.2) is 0 Å². The normalized spacial score (nSPS) is 9.20. The van der Waals surface area contributed by atoms with Gasteiger partial charge in [-0.25, -0.2) is 4.79 Å². The molecule has 1 aromatic rings. The number of carbonyl (C=O) groups excluding carboxylic acids is 1. The van der Waals surface area contributed by atoms with E-state index in [0.717, 1.165) is 12.1 Å². The molecule has 8 heteroatoms. The van der Waals surface area contributed by atoms with Crippen molar-refractivity contribution >= 4 is 17.3 Å². The molecule has 0 spiro atoms. The molecule has 1 rings (SSSR count). The summed E-state index contributed by atoms with van der Waals surface area (Å²) in [6.07, 6.45) is 0. The van der Waals surface area contributed by atoms with Crippen LogP contribution in [0.15, 0.2) is 12.1 Å². The summed E-state index contributed by atoms with van der Waals surface area (Å²) in [4.78, 5) is 31.4. The molecular weight excluding hydrogens is 268 g/mol. The van der Waals surface area contributed by atoms with Gasteiger partial charge >= 0.3 is 5.97 Å². The van der Waals surface area contributed by atoms with E-state index >= 15 is 0 Å². The highest BCUT2D eigenvalue weighted by Gasteiger charge is 2.27. The second-order valence-electron chi connectivity index (χ2n) is 3.39. The van der Waals surface area contributed by atoms with Gasteiger partial charge in [0.2, 0.25) is 0 Å². The van der Waals surface area contributed by atoms with Crippen LogP contribution in [0.3, 0.4) is 0 Å². The highest BCUT2D eigenvalue weighted by molar-refractivity contribution is 5.94. The molecule has 20 heavy (non-hydrogen) atoms. The van der Waals surface area contributed by atoms with Crippen molar-refractivity contribution in [3.63, 3.8) is 0 Å². The molecule has 1 aromatic carbocycles. The predicted octanol–water partition coefficient (Wildman–Crippen LogP) is 3.01. The molecule has 0 unspecified atom stereocenters. The summed E-state index contributed by atoms with van der Waals surface area (Å²) in [5.74, 6) is -0.873. The maximum absolute atomic E-state index is 11.5. The van der Waals surface area contributed by atoms with E-state index in [1.807, 2.05) is 13.8 Å². The molecule has 8 nitrogen and oxygen atoms in total. The number of aryl methyl sites for hydroxylation is 1. The molecule has 0 saturated heterocycles. The highest BCUT2D eigenvalue weighted by Crippen LogP contribution is 2.28. The minimum Gasteiger partial charge on any atom is -0.462 e. The number of nitro benzene ring substituents is 2. The van der Waals surface area contributed by atoms with Crippen molar-refractivity contribution in [2.45, 2.75) is 27.7 Å². The van der Waals surface area contributed by atoms with Gasteiger partial charge in [-0.15, -0.1) is 0 Å². The number of hydrogen-bond acceptors (Lipinski definition) is 6. The first-order valence-corrected chi connectivity index (χ1v) is 5.99. The Kier molecular flexibility index (Phi) is 6.84. The molecule has 0 fully saturated rings. The maximum atomic E-state index is 11.5. The third kappa shape index (κ3) is 4.01. The summed E-state index contributed by atoms with van der Waals surface area (Å²) in [7, 11) is 0. The van der Waals surface area contributed by atoms with Crippen LogP contribution >= 0.6 is 0 Å². The van der Waals surface area contributed by atoms with E-state index in [-0.39, 0.29) is 17.7 Å². The molecule has 0 bridgehead atoms. The molecule has 0 atom stereocenters. The Bertz CT molecular complexity index is 527. The minimum atomic E-state index is -0.873. The van der Waals surface area contributed by atoms with Crippen molar-refractivity contribution < 1.29 is 19.4 Å². The second-order valence-corrected chi connectivity index (χ2v) is 3.39. The van der Waals surface area contributed by atoms with Crippen molar-refractivity contribution in [3.05, 3.63) is 43.5 Å². The van der Waals surface area contributed by atoms with E-state index in [9.17, 15) is 25.0 Å². The van der Waals surface area contributed by atoms with Crippen LogP contribution in [0.5, 0.6) is 0 Å². The lowest BCUT2D eigenvalue weighted by Crippen LogP contribution is -2.09. The monoisotopic (exact) mass is 284 g/mol. The summed E-state index contributed by atoms with van der Waals surface area (Å²) in [5.41, 5.74) is -1.17. The Hall–Kier alpha value is -2.51. The zero-order valence-corrected chi connectivity index (χ0v) is 11.7. The summed E-state index contributed by atoms with van der Waals surface area (Å²) in [6.45, 7) is 7.01. The number of ether oxygens (including phenoxy) is 1. The zero-order valence-electron chi connectivity index (χ0n) is 11.7. The van der Waals surface area contributed by atoms with Crippen molar-refractivity contribution in [3.8, 4) is 0 Å². The van der Waals surface area contributed by atoms with E-state index in [1.54, 1.807) is 6.92 Å². The summed E-state index contributed by atoms with van der Waals surface area (Å²) >= 11 is 0. The standard InChI is InChI=1S/C10H10N2O6.C2H6/c1-3-18-10(13)7-4-6(2)8(11(14)15)5-9(7)12(16)17;1-2/h4-5H,3H2,1-2H3;1-2H3. The van der Waals surface area contributed by atoms with Crippen LogP contribution in [-0.2, 0) is 4.74 Å². The number of nitro groups is 2. The van der Waals surface area contributed by atoms with E-state index in [0.29, 0.717) is 0 Å². The lowest BCUT2D eigenvalue weighted by molar-refractivity contribution is -0.394. The van der Waals surface area contributed by atoms with E-state index in [2.05, 4.69) is 4.74 Å². The quantitative estimate of drug-likeness (QED) is 0.477. The van der Waals surface area contributed by atoms with E-state index in [4.69, 9.17) is 0 Å². The molecule has 0 aliphatic carbocycles. The van der Waals surface area contributed by atoms with Gasteiger partial charge in [-0.3, -0.25) is 20.2 Å². The van der Waals surface area contributed by atoms with Gasteiger partial charge in [-0.05, 0) is 19.9 Å². The van der Waals surface area contributed by atoms with Crippen LogP contribution < -0.4 is 0 Å². The molecule has 0 aliphatic rings. The molecular formula is C12H16N2O6. The molecule has 0 saturated carbocycles. The molecule has 0 heterocycles. The first-order chi connectivity index (χ1) is 9.38. The van der Waals surface area contributed by atoms with Crippen molar-refractivity contribution in [1.29, 1.82) is 0 Å². The number of benzene rings is 1. The van der Waals surface area contributed by atoms with Gasteiger partial charge in [0.05, 0.1) is 22.5 Å². The molecule has 110 valence electrons. The number of nitrogens with zero attached hydrogens (tertiary/aromatic N) is 2. The minimum absolute atomic E-state index is 0.0615. The fourth-order valence-corrected chi connectivity index (χ4v) is 1.41. The Labute approximate surface area is 115 Å². The Balaban J connectivity index is 0.00000172. The first kappa shape index (κ1) is 17.5. The average molecular weight is 284 g/mol. The number of hydrogen-bond donors (Lipinski definition) is 0. The molecule has 0 aromatic heterocycles. The number of carbonyl (C=O) groups is 1. The van der Waals surface area contributed by atoms with Gasteiger partial charge in [0, 0.05) is 5.56 Å². The third-order valence-electron chi connectivity index (χ3n) is 2.20. The third-order valence-corrected chi connectivity index (χ3v) is 2.20. The van der Waals surface area contributed by atoms with Crippen LogP contribution in [0.1, 0.15) is 36.7 Å². The van der Waals surface area contributed by atoms with Crippen LogP contribution in [0, 0.1) is 27.2 Å². The van der Waals surface area contributed by atoms with Gasteiger partial charge in [0.25, 0.3) is 11.4 Å². The van der Waals surface area contributed by atoms with Gasteiger partial charge in [0.1, 0.15) is 5.56 Å². The SMILES string of the molecule is CC.CCOC(=O)c1cc(C)c([N+](=O)[O-])cc1[N+](=O)[O-]. The van der Waals surface area contributed by atoms with Crippen LogP contribution in [-0.4, -0.2) is 22.4 Å². The molecule has 0 aliphatic heterocycles. The summed E-state index contributed by atoms with van der Waals surface area (Å²) < 4.78 is 4.66. The van der Waals surface area contributed by atoms with Crippen LogP contribution in [0.4, 0.5) is 11.4 Å². The largest absolute Gasteiger partial charge is 0.462 e. The number of rotatable bonds is 4. The van der Waals surface area contributed by atoms with Crippen LogP contribution in [0.2, 0.25) is 0 Å². The van der Waals surface area contributed by atoms with Gasteiger partial charge in [-0.2, -0.15) is 0 Å². The fraction of sp³-hybridized carbons (Fsp3) is 0.417. The van der Waals surface area contributed by atoms with E-state index < -0.39 is 27.2 Å². The van der Waals surface area contributed by atoms with Crippen molar-refractivity contribution in [2.24, 2.45) is 0 Å². The van der Waals surface area contributed by atoms with Crippen molar-refractivity contribution in [2.75, 3.05) is 6.61 Å². The fourth-order valence-electron chi connectivity index (χ4n) is 1.41. The maximum Gasteiger partial charge on any atom is 0.345 e. The number of esters is 1. The molecule has 0 amide bonds. The van der Waals surface area contributed by atoms with Gasteiger partial charge in [-0.1, -0.05) is 13.8 Å². The smallest absolute Gasteiger partial charge is 0.345 e. The lowest BCUT2D eigenvalue weighted by Gasteiger charge is -2.04. The highest BCUT2D eigenvalue weighted by atomic mass is 16.6. The van der Waals surface area contributed by atoms with Crippen LogP contribution in [0.25, 0.3) is 0 Å². The Morgan fingerprint density at radius 2 is 1.65 bits per heavy atom. The van der Waals surface area contributed by atoms with Gasteiger partial charge < -0.3 is 4.74 Å². The molecule has 0 radical (unpaired) electrons. The zero-order chi connectivity index (χ0) is 15.9. The summed E-state index contributed by atoms with van der Waals surface area (Å²) in [6, 6.07) is 1.86. The lowest BCUT2D eigenvalue weighted by atomic mass is 10.1. The second kappa shape index (κ2) is 7.82. The van der Waals surface area contributed by atoms with Crippen molar-refractivity contribution in [1.82, 2.24) is 0 Å². The van der Waals surface area contributed by atoms with E-state index in [1.165, 1.54) is 6.92 Å².